The largest absolute Gasteiger partial charge is 0.356 e. The van der Waals surface area contributed by atoms with Crippen LogP contribution in [0.4, 0.5) is 0 Å². The Hall–Kier alpha value is -0.570. The van der Waals surface area contributed by atoms with Crippen LogP contribution in [0.1, 0.15) is 40.0 Å². The second-order valence-corrected chi connectivity index (χ2v) is 5.63. The zero-order chi connectivity index (χ0) is 11.3. The third-order valence-corrected chi connectivity index (χ3v) is 2.88. The molecule has 0 aromatic heterocycles. The van der Waals surface area contributed by atoms with Crippen molar-refractivity contribution in [3.05, 3.63) is 0 Å². The summed E-state index contributed by atoms with van der Waals surface area (Å²) in [6, 6.07) is 0. The second kappa shape index (κ2) is 5.50. The highest BCUT2D eigenvalue weighted by molar-refractivity contribution is 5.78. The Morgan fingerprint density at radius 1 is 1.33 bits per heavy atom. The van der Waals surface area contributed by atoms with E-state index in [0.717, 1.165) is 38.9 Å². The number of nitrogens with one attached hydrogen (secondary N) is 2. The van der Waals surface area contributed by atoms with Crippen molar-refractivity contribution in [1.82, 2.24) is 10.6 Å². The Morgan fingerprint density at radius 3 is 2.47 bits per heavy atom. The zero-order valence-electron chi connectivity index (χ0n) is 10.2. The molecular weight excluding hydrogens is 188 g/mol. The maximum absolute atomic E-state index is 11.7. The van der Waals surface area contributed by atoms with Gasteiger partial charge >= 0.3 is 0 Å². The lowest BCUT2D eigenvalue weighted by atomic mass is 9.92. The summed E-state index contributed by atoms with van der Waals surface area (Å²) < 4.78 is 0. The minimum atomic E-state index is 0.242. The van der Waals surface area contributed by atoms with Crippen molar-refractivity contribution in [3.63, 3.8) is 0 Å². The molecule has 0 aromatic carbocycles. The molecule has 2 N–H and O–H groups in total. The highest BCUT2D eigenvalue weighted by Gasteiger charge is 2.20. The normalized spacial score (nSPS) is 18.9. The lowest BCUT2D eigenvalue weighted by Crippen LogP contribution is -2.39. The molecule has 1 saturated heterocycles. The first-order valence-electron chi connectivity index (χ1n) is 5.97. The minimum absolute atomic E-state index is 0.242. The zero-order valence-corrected chi connectivity index (χ0v) is 10.2. The average molecular weight is 212 g/mol. The molecule has 3 nitrogen and oxygen atoms in total. The SMILES string of the molecule is CC(C)(C)CCNC(=O)C1CCNCC1. The van der Waals surface area contributed by atoms with Gasteiger partial charge in [0.1, 0.15) is 0 Å². The molecule has 0 bridgehead atoms. The molecule has 0 unspecified atom stereocenters. The average Bonchev–Trinajstić information content (AvgIpc) is 2.17. The molecule has 0 radical (unpaired) electrons. The van der Waals surface area contributed by atoms with Crippen molar-refractivity contribution < 1.29 is 4.79 Å². The Kier molecular flexibility index (Phi) is 4.58. The van der Waals surface area contributed by atoms with Crippen LogP contribution in [0.3, 0.4) is 0 Å². The van der Waals surface area contributed by atoms with Crippen molar-refractivity contribution in [2.24, 2.45) is 11.3 Å². The number of hydrogen-bond acceptors (Lipinski definition) is 2. The summed E-state index contributed by atoms with van der Waals surface area (Å²) in [5, 5.41) is 6.31. The molecule has 0 aliphatic carbocycles. The fraction of sp³-hybridized carbons (Fsp3) is 0.917. The van der Waals surface area contributed by atoms with Crippen LogP contribution < -0.4 is 10.6 Å². The fourth-order valence-corrected chi connectivity index (χ4v) is 1.79. The van der Waals surface area contributed by atoms with Gasteiger partial charge in [0.05, 0.1) is 0 Å². The summed E-state index contributed by atoms with van der Waals surface area (Å²) in [5.74, 6) is 0.493. The summed E-state index contributed by atoms with van der Waals surface area (Å²) in [4.78, 5) is 11.7. The van der Waals surface area contributed by atoms with E-state index in [-0.39, 0.29) is 11.8 Å². The van der Waals surface area contributed by atoms with Crippen molar-refractivity contribution in [2.45, 2.75) is 40.0 Å². The van der Waals surface area contributed by atoms with Gasteiger partial charge in [0.15, 0.2) is 0 Å². The van der Waals surface area contributed by atoms with E-state index in [1.54, 1.807) is 0 Å². The lowest BCUT2D eigenvalue weighted by molar-refractivity contribution is -0.125. The van der Waals surface area contributed by atoms with Gasteiger partial charge in [-0.1, -0.05) is 20.8 Å². The summed E-state index contributed by atoms with van der Waals surface area (Å²) in [7, 11) is 0. The molecule has 88 valence electrons. The Labute approximate surface area is 93.0 Å². The quantitative estimate of drug-likeness (QED) is 0.745. The minimum Gasteiger partial charge on any atom is -0.356 e. The first-order chi connectivity index (χ1) is 6.99. The van der Waals surface area contributed by atoms with Gasteiger partial charge in [-0.05, 0) is 37.8 Å². The Balaban J connectivity index is 2.17. The number of carbonyl (C=O) groups is 1. The van der Waals surface area contributed by atoms with Gasteiger partial charge < -0.3 is 10.6 Å². The highest BCUT2D eigenvalue weighted by atomic mass is 16.1. The van der Waals surface area contributed by atoms with Crippen LogP contribution in [-0.4, -0.2) is 25.5 Å². The number of carbonyl (C=O) groups excluding carboxylic acids is 1. The van der Waals surface area contributed by atoms with Crippen molar-refractivity contribution in [3.8, 4) is 0 Å². The summed E-state index contributed by atoms with van der Waals surface area (Å²) in [6.45, 7) is 9.37. The van der Waals surface area contributed by atoms with Crippen LogP contribution in [-0.2, 0) is 4.79 Å². The lowest BCUT2D eigenvalue weighted by Gasteiger charge is -2.23. The molecule has 15 heavy (non-hydrogen) atoms. The van der Waals surface area contributed by atoms with Crippen LogP contribution in [0.15, 0.2) is 0 Å². The number of amides is 1. The molecule has 1 heterocycles. The van der Waals surface area contributed by atoms with Crippen molar-refractivity contribution in [1.29, 1.82) is 0 Å². The molecule has 0 spiro atoms. The summed E-state index contributed by atoms with van der Waals surface area (Å²) >= 11 is 0. The fourth-order valence-electron chi connectivity index (χ4n) is 1.79. The Morgan fingerprint density at radius 2 is 1.93 bits per heavy atom. The molecular formula is C12H24N2O. The van der Waals surface area contributed by atoms with Gasteiger partial charge in [-0.2, -0.15) is 0 Å². The van der Waals surface area contributed by atoms with Gasteiger partial charge in [-0.3, -0.25) is 4.79 Å². The van der Waals surface area contributed by atoms with E-state index in [4.69, 9.17) is 0 Å². The monoisotopic (exact) mass is 212 g/mol. The van der Waals surface area contributed by atoms with Crippen LogP contribution in [0.25, 0.3) is 0 Å². The molecule has 0 atom stereocenters. The summed E-state index contributed by atoms with van der Waals surface area (Å²) in [6.07, 6.45) is 3.02. The Bertz CT molecular complexity index is 202. The van der Waals surface area contributed by atoms with E-state index in [0.29, 0.717) is 5.41 Å². The van der Waals surface area contributed by atoms with E-state index in [2.05, 4.69) is 31.4 Å². The molecule has 0 saturated carbocycles. The van der Waals surface area contributed by atoms with Gasteiger partial charge in [-0.25, -0.2) is 0 Å². The number of piperidine rings is 1. The predicted molar refractivity (Wildman–Crippen MR) is 62.7 cm³/mol. The van der Waals surface area contributed by atoms with E-state index in [1.807, 2.05) is 0 Å². The van der Waals surface area contributed by atoms with Crippen LogP contribution in [0.2, 0.25) is 0 Å². The molecule has 3 heteroatoms. The molecule has 1 aliphatic rings. The summed E-state index contributed by atoms with van der Waals surface area (Å²) in [5.41, 5.74) is 0.307. The third-order valence-electron chi connectivity index (χ3n) is 2.88. The number of hydrogen-bond donors (Lipinski definition) is 2. The van der Waals surface area contributed by atoms with Gasteiger partial charge in [-0.15, -0.1) is 0 Å². The molecule has 0 aromatic rings. The van der Waals surface area contributed by atoms with E-state index >= 15 is 0 Å². The van der Waals surface area contributed by atoms with E-state index in [9.17, 15) is 4.79 Å². The van der Waals surface area contributed by atoms with Gasteiger partial charge in [0.2, 0.25) is 5.91 Å². The predicted octanol–water partition coefficient (Wildman–Crippen LogP) is 1.54. The smallest absolute Gasteiger partial charge is 0.223 e. The van der Waals surface area contributed by atoms with Crippen LogP contribution in [0.5, 0.6) is 0 Å². The van der Waals surface area contributed by atoms with Gasteiger partial charge in [0, 0.05) is 12.5 Å². The molecule has 1 fully saturated rings. The van der Waals surface area contributed by atoms with Crippen molar-refractivity contribution >= 4 is 5.91 Å². The highest BCUT2D eigenvalue weighted by Crippen LogP contribution is 2.17. The van der Waals surface area contributed by atoms with Crippen molar-refractivity contribution in [2.75, 3.05) is 19.6 Å². The molecule has 1 rings (SSSR count). The maximum atomic E-state index is 11.7. The van der Waals surface area contributed by atoms with E-state index < -0.39 is 0 Å². The number of rotatable bonds is 3. The first kappa shape index (κ1) is 12.5. The molecule has 1 aliphatic heterocycles. The molecule has 1 amide bonds. The standard InChI is InChI=1S/C12H24N2O/c1-12(2,3)6-9-14-11(15)10-4-7-13-8-5-10/h10,13H,4-9H2,1-3H3,(H,14,15). The van der Waals surface area contributed by atoms with Gasteiger partial charge in [0.25, 0.3) is 0 Å². The second-order valence-electron chi connectivity index (χ2n) is 5.63. The van der Waals surface area contributed by atoms with E-state index in [1.165, 1.54) is 0 Å². The topological polar surface area (TPSA) is 41.1 Å². The first-order valence-corrected chi connectivity index (χ1v) is 5.97. The maximum Gasteiger partial charge on any atom is 0.223 e. The third kappa shape index (κ3) is 5.17. The van der Waals surface area contributed by atoms with Crippen LogP contribution >= 0.6 is 0 Å². The van der Waals surface area contributed by atoms with Crippen LogP contribution in [0, 0.1) is 11.3 Å².